The van der Waals surface area contributed by atoms with E-state index in [9.17, 15) is 4.79 Å². The van der Waals surface area contributed by atoms with E-state index in [1.165, 1.54) is 17.0 Å². The van der Waals surface area contributed by atoms with Gasteiger partial charge >= 0.3 is 0 Å². The van der Waals surface area contributed by atoms with Gasteiger partial charge in [-0.05, 0) is 36.8 Å². The van der Waals surface area contributed by atoms with Crippen LogP contribution in [0.1, 0.15) is 20.9 Å². The average molecular weight is 473 g/mol. The van der Waals surface area contributed by atoms with E-state index < -0.39 is 0 Å². The van der Waals surface area contributed by atoms with E-state index in [1.807, 2.05) is 38.2 Å². The van der Waals surface area contributed by atoms with Gasteiger partial charge in [0, 0.05) is 63.8 Å². The molecule has 0 bridgehead atoms. The molecular formula is C26H28N6OS. The number of anilines is 2. The molecule has 0 saturated carbocycles. The molecule has 8 heteroatoms. The van der Waals surface area contributed by atoms with Gasteiger partial charge in [0.1, 0.15) is 17.0 Å². The molecule has 1 aliphatic heterocycles. The average Bonchev–Trinajstić information content (AvgIpc) is 3.24. The molecule has 4 heterocycles. The largest absolute Gasteiger partial charge is 0.368 e. The quantitative estimate of drug-likeness (QED) is 0.422. The van der Waals surface area contributed by atoms with Crippen molar-refractivity contribution in [2.45, 2.75) is 13.3 Å². The van der Waals surface area contributed by atoms with Crippen molar-refractivity contribution < 1.29 is 4.79 Å². The van der Waals surface area contributed by atoms with Crippen molar-refractivity contribution in [3.8, 4) is 0 Å². The smallest absolute Gasteiger partial charge is 0.264 e. The lowest BCUT2D eigenvalue weighted by molar-refractivity contribution is 0.0800. The van der Waals surface area contributed by atoms with Gasteiger partial charge in [-0.2, -0.15) is 0 Å². The molecule has 3 aromatic heterocycles. The van der Waals surface area contributed by atoms with Crippen LogP contribution in [0.2, 0.25) is 0 Å². The lowest BCUT2D eigenvalue weighted by Gasteiger charge is -2.37. The predicted octanol–water partition coefficient (Wildman–Crippen LogP) is 4.04. The van der Waals surface area contributed by atoms with Crippen molar-refractivity contribution in [2.24, 2.45) is 0 Å². The number of benzene rings is 1. The minimum Gasteiger partial charge on any atom is -0.368 e. The first-order chi connectivity index (χ1) is 16.6. The highest BCUT2D eigenvalue weighted by molar-refractivity contribution is 7.20. The maximum atomic E-state index is 13.3. The zero-order chi connectivity index (χ0) is 23.5. The van der Waals surface area contributed by atoms with E-state index in [2.05, 4.69) is 49.0 Å². The van der Waals surface area contributed by atoms with Crippen LogP contribution >= 0.6 is 11.3 Å². The topological polar surface area (TPSA) is 65.5 Å². The third-order valence-electron chi connectivity index (χ3n) is 6.38. The van der Waals surface area contributed by atoms with Crippen LogP contribution in [0, 0.1) is 6.92 Å². The number of aryl methyl sites for hydroxylation is 1. The van der Waals surface area contributed by atoms with Crippen molar-refractivity contribution in [1.29, 1.82) is 0 Å². The molecule has 0 radical (unpaired) electrons. The second-order valence-corrected chi connectivity index (χ2v) is 9.54. The molecule has 0 spiro atoms. The second kappa shape index (κ2) is 9.77. The Bertz CT molecular complexity index is 1270. The van der Waals surface area contributed by atoms with Gasteiger partial charge in [0.25, 0.3) is 5.91 Å². The van der Waals surface area contributed by atoms with Crippen LogP contribution in [-0.2, 0) is 6.42 Å². The summed E-state index contributed by atoms with van der Waals surface area (Å²) >= 11 is 1.46. The monoisotopic (exact) mass is 472 g/mol. The van der Waals surface area contributed by atoms with Gasteiger partial charge in [-0.3, -0.25) is 9.78 Å². The molecule has 1 fully saturated rings. The number of hydrogen-bond donors (Lipinski definition) is 0. The Morgan fingerprint density at radius 3 is 2.44 bits per heavy atom. The van der Waals surface area contributed by atoms with Crippen molar-refractivity contribution in [1.82, 2.24) is 19.9 Å². The lowest BCUT2D eigenvalue weighted by atomic mass is 10.1. The molecule has 0 atom stereocenters. The molecular weight excluding hydrogens is 444 g/mol. The van der Waals surface area contributed by atoms with Crippen LogP contribution in [0.4, 0.5) is 11.5 Å². The predicted molar refractivity (Wildman–Crippen MR) is 138 cm³/mol. The van der Waals surface area contributed by atoms with E-state index in [-0.39, 0.29) is 5.91 Å². The molecule has 7 nitrogen and oxygen atoms in total. The number of nitrogens with zero attached hydrogens (tertiary/aromatic N) is 6. The van der Waals surface area contributed by atoms with Gasteiger partial charge in [0.15, 0.2) is 0 Å². The summed E-state index contributed by atoms with van der Waals surface area (Å²) in [5, 5.41) is 1.00. The Labute approximate surface area is 203 Å². The zero-order valence-corrected chi connectivity index (χ0v) is 20.3. The van der Waals surface area contributed by atoms with Crippen molar-refractivity contribution in [3.05, 3.63) is 77.2 Å². The Morgan fingerprint density at radius 1 is 0.971 bits per heavy atom. The van der Waals surface area contributed by atoms with Gasteiger partial charge in [-0.1, -0.05) is 24.3 Å². The number of likely N-dealkylation sites (N-methyl/N-ethyl adjacent to an activating group) is 1. The van der Waals surface area contributed by atoms with Crippen molar-refractivity contribution >= 4 is 39.0 Å². The summed E-state index contributed by atoms with van der Waals surface area (Å²) in [7, 11) is 1.85. The highest BCUT2D eigenvalue weighted by Gasteiger charge is 2.25. The molecule has 34 heavy (non-hydrogen) atoms. The third kappa shape index (κ3) is 4.46. The van der Waals surface area contributed by atoms with Gasteiger partial charge in [0.2, 0.25) is 0 Å². The van der Waals surface area contributed by atoms with Crippen LogP contribution in [0.5, 0.6) is 0 Å². The maximum absolute atomic E-state index is 13.3. The summed E-state index contributed by atoms with van der Waals surface area (Å²) in [5.41, 5.74) is 3.21. The summed E-state index contributed by atoms with van der Waals surface area (Å²) in [6, 6.07) is 16.4. The highest BCUT2D eigenvalue weighted by atomic mass is 32.1. The summed E-state index contributed by atoms with van der Waals surface area (Å²) in [4.78, 5) is 34.9. The SMILES string of the molecule is Cc1c(C(=O)N(C)CCc2ccccn2)sc2ncnc(N3CCN(c4ccccc4)CC3)c12. The third-order valence-corrected chi connectivity index (χ3v) is 7.57. The number of carbonyl (C=O) groups is 1. The van der Waals surface area contributed by atoms with E-state index >= 15 is 0 Å². The van der Waals surface area contributed by atoms with E-state index in [0.29, 0.717) is 6.54 Å². The number of aromatic nitrogens is 3. The summed E-state index contributed by atoms with van der Waals surface area (Å²) < 4.78 is 0. The highest BCUT2D eigenvalue weighted by Crippen LogP contribution is 2.36. The molecule has 0 N–H and O–H groups in total. The molecule has 1 saturated heterocycles. The van der Waals surface area contributed by atoms with E-state index in [4.69, 9.17) is 0 Å². The van der Waals surface area contributed by atoms with E-state index in [1.54, 1.807) is 17.4 Å². The molecule has 1 amide bonds. The van der Waals surface area contributed by atoms with Crippen LogP contribution in [0.3, 0.4) is 0 Å². The summed E-state index contributed by atoms with van der Waals surface area (Å²) in [5.74, 6) is 0.956. The maximum Gasteiger partial charge on any atom is 0.264 e. The standard InChI is InChI=1S/C26H28N6OS/c1-19-22-24(32-16-14-31(15-17-32)21-9-4-3-5-10-21)28-18-29-25(22)34-23(19)26(33)30(2)13-11-20-8-6-7-12-27-20/h3-10,12,18H,11,13-17H2,1-2H3. The normalized spacial score (nSPS) is 13.9. The second-order valence-electron chi connectivity index (χ2n) is 8.54. The molecule has 0 unspecified atom stereocenters. The van der Waals surface area contributed by atoms with Crippen LogP contribution in [0.25, 0.3) is 10.2 Å². The number of para-hydroxylation sites is 1. The van der Waals surface area contributed by atoms with Gasteiger partial charge < -0.3 is 14.7 Å². The fourth-order valence-corrected chi connectivity index (χ4v) is 5.55. The zero-order valence-electron chi connectivity index (χ0n) is 19.5. The fraction of sp³-hybridized carbons (Fsp3) is 0.308. The molecule has 5 rings (SSSR count). The lowest BCUT2D eigenvalue weighted by Crippen LogP contribution is -2.46. The van der Waals surface area contributed by atoms with Gasteiger partial charge in [-0.15, -0.1) is 11.3 Å². The first kappa shape index (κ1) is 22.3. The number of hydrogen-bond acceptors (Lipinski definition) is 7. The van der Waals surface area contributed by atoms with Gasteiger partial charge in [-0.25, -0.2) is 9.97 Å². The summed E-state index contributed by atoms with van der Waals surface area (Å²) in [6.45, 7) is 6.25. The van der Waals surface area contributed by atoms with Crippen LogP contribution < -0.4 is 9.80 Å². The van der Waals surface area contributed by atoms with Crippen LogP contribution in [0.15, 0.2) is 61.1 Å². The number of piperazine rings is 1. The molecule has 4 aromatic rings. The van der Waals surface area contributed by atoms with Crippen LogP contribution in [-0.4, -0.2) is 65.5 Å². The number of carbonyl (C=O) groups excluding carboxylic acids is 1. The van der Waals surface area contributed by atoms with Crippen molar-refractivity contribution in [2.75, 3.05) is 49.6 Å². The Balaban J connectivity index is 1.33. The molecule has 1 aliphatic rings. The Hall–Kier alpha value is -3.52. The summed E-state index contributed by atoms with van der Waals surface area (Å²) in [6.07, 6.45) is 4.13. The Morgan fingerprint density at radius 2 is 1.71 bits per heavy atom. The fourth-order valence-electron chi connectivity index (χ4n) is 4.42. The number of rotatable bonds is 6. The molecule has 1 aromatic carbocycles. The van der Waals surface area contributed by atoms with Crippen molar-refractivity contribution in [3.63, 3.8) is 0 Å². The number of fused-ring (bicyclic) bond motifs is 1. The van der Waals surface area contributed by atoms with Gasteiger partial charge in [0.05, 0.1) is 10.3 Å². The Kier molecular flexibility index (Phi) is 6.40. The van der Waals surface area contributed by atoms with E-state index in [0.717, 1.165) is 64.8 Å². The molecule has 0 aliphatic carbocycles. The number of pyridine rings is 1. The minimum atomic E-state index is 0.0243. The molecule has 174 valence electrons. The first-order valence-corrected chi connectivity index (χ1v) is 12.4. The first-order valence-electron chi connectivity index (χ1n) is 11.6. The number of thiophene rings is 1. The number of amides is 1. The minimum absolute atomic E-state index is 0.0243.